The van der Waals surface area contributed by atoms with Crippen molar-refractivity contribution in [2.75, 3.05) is 5.32 Å². The van der Waals surface area contributed by atoms with Gasteiger partial charge in [0.15, 0.2) is 0 Å². The molecule has 6 heteroatoms. The van der Waals surface area contributed by atoms with Crippen molar-refractivity contribution < 1.29 is 4.79 Å². The van der Waals surface area contributed by atoms with Gasteiger partial charge in [0.05, 0.1) is 0 Å². The van der Waals surface area contributed by atoms with Crippen LogP contribution in [-0.4, -0.2) is 15.9 Å². The van der Waals surface area contributed by atoms with E-state index in [9.17, 15) is 4.79 Å². The van der Waals surface area contributed by atoms with Crippen LogP contribution in [0.1, 0.15) is 10.9 Å². The lowest BCUT2D eigenvalue weighted by Gasteiger charge is -2.09. The van der Waals surface area contributed by atoms with Crippen molar-refractivity contribution in [1.82, 2.24) is 9.97 Å². The minimum atomic E-state index is -0.797. The smallest absolute Gasteiger partial charge is 0.249 e. The number of alkyl halides is 1. The van der Waals surface area contributed by atoms with Crippen molar-refractivity contribution in [3.63, 3.8) is 0 Å². The highest BCUT2D eigenvalue weighted by molar-refractivity contribution is 6.32. The zero-order chi connectivity index (χ0) is 13.0. The van der Waals surface area contributed by atoms with Crippen LogP contribution in [0.3, 0.4) is 0 Å². The van der Waals surface area contributed by atoms with E-state index in [1.54, 1.807) is 12.1 Å². The SMILES string of the molecule is O=C(Nc1nccc(Cl)n1)C(Cl)c1ccccc1. The Bertz CT molecular complexity index is 548. The van der Waals surface area contributed by atoms with Gasteiger partial charge in [-0.1, -0.05) is 41.9 Å². The Morgan fingerprint density at radius 2 is 1.94 bits per heavy atom. The molecule has 0 saturated carbocycles. The number of hydrogen-bond donors (Lipinski definition) is 1. The first-order valence-corrected chi connectivity index (χ1v) is 5.96. The first-order valence-electron chi connectivity index (χ1n) is 5.15. The Hall–Kier alpha value is -1.65. The Morgan fingerprint density at radius 3 is 2.61 bits per heavy atom. The number of carbonyl (C=O) groups excluding carboxylic acids is 1. The van der Waals surface area contributed by atoms with E-state index in [-0.39, 0.29) is 11.1 Å². The van der Waals surface area contributed by atoms with E-state index in [2.05, 4.69) is 15.3 Å². The van der Waals surface area contributed by atoms with E-state index in [4.69, 9.17) is 23.2 Å². The first-order chi connectivity index (χ1) is 8.66. The quantitative estimate of drug-likeness (QED) is 0.695. The van der Waals surface area contributed by atoms with Crippen LogP contribution in [0.4, 0.5) is 5.95 Å². The molecule has 0 radical (unpaired) electrons. The van der Waals surface area contributed by atoms with Crippen LogP contribution in [0.5, 0.6) is 0 Å². The fraction of sp³-hybridized carbons (Fsp3) is 0.0833. The molecule has 0 aliphatic carbocycles. The van der Waals surface area contributed by atoms with Gasteiger partial charge in [-0.3, -0.25) is 10.1 Å². The maximum Gasteiger partial charge on any atom is 0.249 e. The highest BCUT2D eigenvalue weighted by atomic mass is 35.5. The normalized spacial score (nSPS) is 11.9. The predicted molar refractivity (Wildman–Crippen MR) is 70.7 cm³/mol. The minimum absolute atomic E-state index is 0.133. The minimum Gasteiger partial charge on any atom is -0.293 e. The van der Waals surface area contributed by atoms with Crippen molar-refractivity contribution >= 4 is 35.1 Å². The third kappa shape index (κ3) is 3.18. The van der Waals surface area contributed by atoms with Gasteiger partial charge >= 0.3 is 0 Å². The summed E-state index contributed by atoms with van der Waals surface area (Å²) in [7, 11) is 0. The van der Waals surface area contributed by atoms with Crippen molar-refractivity contribution in [1.29, 1.82) is 0 Å². The number of nitrogens with one attached hydrogen (secondary N) is 1. The number of benzene rings is 1. The maximum absolute atomic E-state index is 11.9. The summed E-state index contributed by atoms with van der Waals surface area (Å²) in [6.07, 6.45) is 1.46. The van der Waals surface area contributed by atoms with Gasteiger partial charge in [-0.25, -0.2) is 9.97 Å². The second-order valence-corrected chi connectivity index (χ2v) is 4.29. The molecular formula is C12H9Cl2N3O. The number of carbonyl (C=O) groups is 1. The molecule has 2 rings (SSSR count). The average Bonchev–Trinajstić information content (AvgIpc) is 2.39. The van der Waals surface area contributed by atoms with Crippen LogP contribution >= 0.6 is 23.2 Å². The molecule has 0 fully saturated rings. The average molecular weight is 282 g/mol. The number of amides is 1. The first kappa shape index (κ1) is 12.8. The number of rotatable bonds is 3. The fourth-order valence-corrected chi connectivity index (χ4v) is 1.68. The van der Waals surface area contributed by atoms with E-state index in [1.165, 1.54) is 12.3 Å². The van der Waals surface area contributed by atoms with E-state index >= 15 is 0 Å². The molecule has 1 N–H and O–H groups in total. The summed E-state index contributed by atoms with van der Waals surface area (Å²) in [5.41, 5.74) is 0.707. The molecule has 4 nitrogen and oxygen atoms in total. The van der Waals surface area contributed by atoms with Crippen LogP contribution in [-0.2, 0) is 4.79 Å². The molecule has 2 aromatic rings. The van der Waals surface area contributed by atoms with Gasteiger partial charge in [-0.05, 0) is 11.6 Å². The van der Waals surface area contributed by atoms with Crippen LogP contribution in [0.25, 0.3) is 0 Å². The summed E-state index contributed by atoms with van der Waals surface area (Å²) in [4.78, 5) is 19.6. The van der Waals surface area contributed by atoms with Gasteiger partial charge in [-0.15, -0.1) is 11.6 Å². The number of hydrogen-bond acceptors (Lipinski definition) is 3. The highest BCUT2D eigenvalue weighted by Gasteiger charge is 2.18. The number of aromatic nitrogens is 2. The molecule has 1 aromatic heterocycles. The zero-order valence-electron chi connectivity index (χ0n) is 9.18. The fourth-order valence-electron chi connectivity index (χ4n) is 1.34. The van der Waals surface area contributed by atoms with Gasteiger partial charge in [-0.2, -0.15) is 0 Å². The lowest BCUT2D eigenvalue weighted by molar-refractivity contribution is -0.116. The highest BCUT2D eigenvalue weighted by Crippen LogP contribution is 2.21. The molecule has 0 saturated heterocycles. The number of anilines is 1. The van der Waals surface area contributed by atoms with Crippen molar-refractivity contribution in [2.45, 2.75) is 5.38 Å². The Kier molecular flexibility index (Phi) is 4.12. The molecule has 0 aliphatic rings. The molecule has 18 heavy (non-hydrogen) atoms. The molecule has 0 spiro atoms. The van der Waals surface area contributed by atoms with Crippen LogP contribution in [0, 0.1) is 0 Å². The summed E-state index contributed by atoms with van der Waals surface area (Å²) < 4.78 is 0. The molecule has 1 heterocycles. The van der Waals surface area contributed by atoms with Crippen molar-refractivity contribution in [3.05, 3.63) is 53.3 Å². The van der Waals surface area contributed by atoms with Gasteiger partial charge in [0, 0.05) is 6.20 Å². The van der Waals surface area contributed by atoms with Gasteiger partial charge in [0.2, 0.25) is 11.9 Å². The second kappa shape index (κ2) is 5.80. The molecule has 0 aliphatic heterocycles. The topological polar surface area (TPSA) is 54.9 Å². The predicted octanol–water partition coefficient (Wildman–Crippen LogP) is 3.05. The standard InChI is InChI=1S/C12H9Cl2N3O/c13-9-6-7-15-12(16-9)17-11(18)10(14)8-4-2-1-3-5-8/h1-7,10H,(H,15,16,17,18). The summed E-state index contributed by atoms with van der Waals surface area (Å²) >= 11 is 11.7. The zero-order valence-corrected chi connectivity index (χ0v) is 10.7. The summed E-state index contributed by atoms with van der Waals surface area (Å²) in [6.45, 7) is 0. The summed E-state index contributed by atoms with van der Waals surface area (Å²) in [6, 6.07) is 10.5. The van der Waals surface area contributed by atoms with Crippen LogP contribution < -0.4 is 5.32 Å². The van der Waals surface area contributed by atoms with Gasteiger partial charge < -0.3 is 0 Å². The van der Waals surface area contributed by atoms with Gasteiger partial charge in [0.25, 0.3) is 0 Å². The number of halogens is 2. The van der Waals surface area contributed by atoms with Gasteiger partial charge in [0.1, 0.15) is 10.5 Å². The Labute approximate surface area is 114 Å². The number of nitrogens with zero attached hydrogens (tertiary/aromatic N) is 2. The molecular weight excluding hydrogens is 273 g/mol. The largest absolute Gasteiger partial charge is 0.293 e. The lowest BCUT2D eigenvalue weighted by Crippen LogP contribution is -2.18. The van der Waals surface area contributed by atoms with Crippen molar-refractivity contribution in [3.8, 4) is 0 Å². The third-order valence-corrected chi connectivity index (χ3v) is 2.84. The molecule has 1 unspecified atom stereocenters. The molecule has 1 atom stereocenters. The van der Waals surface area contributed by atoms with E-state index in [0.29, 0.717) is 5.56 Å². The third-order valence-electron chi connectivity index (χ3n) is 2.18. The Balaban J connectivity index is 2.09. The second-order valence-electron chi connectivity index (χ2n) is 3.47. The molecule has 0 bridgehead atoms. The van der Waals surface area contributed by atoms with Crippen LogP contribution in [0.2, 0.25) is 5.15 Å². The Morgan fingerprint density at radius 1 is 1.22 bits per heavy atom. The van der Waals surface area contributed by atoms with Crippen molar-refractivity contribution in [2.24, 2.45) is 0 Å². The molecule has 1 aromatic carbocycles. The van der Waals surface area contributed by atoms with Crippen LogP contribution in [0.15, 0.2) is 42.6 Å². The van der Waals surface area contributed by atoms with E-state index < -0.39 is 11.3 Å². The van der Waals surface area contributed by atoms with E-state index in [0.717, 1.165) is 0 Å². The molecule has 92 valence electrons. The maximum atomic E-state index is 11.9. The lowest BCUT2D eigenvalue weighted by atomic mass is 10.1. The summed E-state index contributed by atoms with van der Waals surface area (Å²) in [5.74, 6) is -0.265. The monoisotopic (exact) mass is 281 g/mol. The van der Waals surface area contributed by atoms with E-state index in [1.807, 2.05) is 18.2 Å². The summed E-state index contributed by atoms with van der Waals surface area (Å²) in [5, 5.41) is 1.96. The molecule has 1 amide bonds.